The van der Waals surface area contributed by atoms with Gasteiger partial charge in [0.2, 0.25) is 0 Å². The van der Waals surface area contributed by atoms with Crippen LogP contribution in [0.5, 0.6) is 0 Å². The molecular formula is C10H19NO. The largest absolute Gasteiger partial charge is 0.378 e. The Kier molecular flexibility index (Phi) is 2.66. The fourth-order valence-electron chi connectivity index (χ4n) is 2.38. The van der Waals surface area contributed by atoms with Gasteiger partial charge in [-0.05, 0) is 50.5 Å². The molecule has 1 heterocycles. The van der Waals surface area contributed by atoms with Gasteiger partial charge in [-0.25, -0.2) is 0 Å². The van der Waals surface area contributed by atoms with E-state index < -0.39 is 0 Å². The molecule has 0 aromatic rings. The fourth-order valence-corrected chi connectivity index (χ4v) is 2.38. The molecule has 2 rings (SSSR count). The Morgan fingerprint density at radius 1 is 1.33 bits per heavy atom. The number of ether oxygens (including phenoxy) is 1. The lowest BCUT2D eigenvalue weighted by atomic mass is 9.91. The van der Waals surface area contributed by atoms with Gasteiger partial charge in [0.1, 0.15) is 0 Å². The van der Waals surface area contributed by atoms with E-state index in [0.29, 0.717) is 6.10 Å². The van der Waals surface area contributed by atoms with Crippen LogP contribution in [0.4, 0.5) is 0 Å². The second-order valence-corrected chi connectivity index (χ2v) is 4.13. The van der Waals surface area contributed by atoms with Gasteiger partial charge >= 0.3 is 0 Å². The minimum atomic E-state index is 0.557. The lowest BCUT2D eigenvalue weighted by Crippen LogP contribution is -2.24. The molecule has 12 heavy (non-hydrogen) atoms. The van der Waals surface area contributed by atoms with Gasteiger partial charge in [-0.3, -0.25) is 0 Å². The number of rotatable bonds is 4. The van der Waals surface area contributed by atoms with Gasteiger partial charge in [-0.1, -0.05) is 0 Å². The van der Waals surface area contributed by atoms with Crippen LogP contribution >= 0.6 is 0 Å². The van der Waals surface area contributed by atoms with Crippen LogP contribution in [0, 0.1) is 11.8 Å². The molecule has 2 aliphatic rings. The van der Waals surface area contributed by atoms with Crippen molar-refractivity contribution in [3.63, 3.8) is 0 Å². The number of hydrogen-bond donors (Lipinski definition) is 1. The first-order valence-electron chi connectivity index (χ1n) is 5.23. The third-order valence-corrected chi connectivity index (χ3v) is 3.17. The molecule has 1 aliphatic carbocycles. The van der Waals surface area contributed by atoms with Crippen molar-refractivity contribution in [1.29, 1.82) is 0 Å². The average Bonchev–Trinajstić information content (AvgIpc) is 2.77. The molecule has 1 saturated heterocycles. The maximum absolute atomic E-state index is 5.71. The van der Waals surface area contributed by atoms with E-state index in [9.17, 15) is 0 Å². The summed E-state index contributed by atoms with van der Waals surface area (Å²) in [5.41, 5.74) is 5.61. The molecule has 0 aromatic carbocycles. The fraction of sp³-hybridized carbons (Fsp3) is 1.00. The van der Waals surface area contributed by atoms with Crippen molar-refractivity contribution < 1.29 is 4.74 Å². The molecule has 70 valence electrons. The standard InChI is InChI=1S/C10H19NO/c11-6-5-9(8-3-4-8)10-2-1-7-12-10/h8-10H,1-7,11H2. The highest BCUT2D eigenvalue weighted by molar-refractivity contribution is 4.87. The molecule has 0 amide bonds. The second-order valence-electron chi connectivity index (χ2n) is 4.13. The van der Waals surface area contributed by atoms with Crippen molar-refractivity contribution in [3.05, 3.63) is 0 Å². The van der Waals surface area contributed by atoms with E-state index in [1.807, 2.05) is 0 Å². The minimum Gasteiger partial charge on any atom is -0.378 e. The van der Waals surface area contributed by atoms with Crippen LogP contribution in [0.3, 0.4) is 0 Å². The zero-order chi connectivity index (χ0) is 8.39. The van der Waals surface area contributed by atoms with Crippen LogP contribution in [-0.2, 0) is 4.74 Å². The van der Waals surface area contributed by atoms with E-state index in [1.54, 1.807) is 0 Å². The molecule has 2 fully saturated rings. The van der Waals surface area contributed by atoms with Crippen LogP contribution in [0.15, 0.2) is 0 Å². The molecule has 0 radical (unpaired) electrons. The first-order chi connectivity index (χ1) is 5.92. The van der Waals surface area contributed by atoms with Gasteiger partial charge < -0.3 is 10.5 Å². The molecule has 2 unspecified atom stereocenters. The van der Waals surface area contributed by atoms with Gasteiger partial charge in [0.15, 0.2) is 0 Å². The van der Waals surface area contributed by atoms with Gasteiger partial charge in [-0.2, -0.15) is 0 Å². The molecule has 0 spiro atoms. The Labute approximate surface area is 74.5 Å². The molecular weight excluding hydrogens is 150 g/mol. The summed E-state index contributed by atoms with van der Waals surface area (Å²) in [4.78, 5) is 0. The summed E-state index contributed by atoms with van der Waals surface area (Å²) >= 11 is 0. The predicted molar refractivity (Wildman–Crippen MR) is 48.9 cm³/mol. The maximum Gasteiger partial charge on any atom is 0.0607 e. The molecule has 0 bridgehead atoms. The van der Waals surface area contributed by atoms with Gasteiger partial charge in [0.25, 0.3) is 0 Å². The highest BCUT2D eigenvalue weighted by Crippen LogP contribution is 2.42. The molecule has 2 nitrogen and oxygen atoms in total. The van der Waals surface area contributed by atoms with E-state index in [2.05, 4.69) is 0 Å². The van der Waals surface area contributed by atoms with Gasteiger partial charge in [-0.15, -0.1) is 0 Å². The van der Waals surface area contributed by atoms with Crippen LogP contribution < -0.4 is 5.73 Å². The van der Waals surface area contributed by atoms with Crippen molar-refractivity contribution in [2.45, 2.75) is 38.2 Å². The van der Waals surface area contributed by atoms with Crippen molar-refractivity contribution >= 4 is 0 Å². The molecule has 2 N–H and O–H groups in total. The van der Waals surface area contributed by atoms with Crippen LogP contribution in [-0.4, -0.2) is 19.3 Å². The van der Waals surface area contributed by atoms with Crippen molar-refractivity contribution in [2.24, 2.45) is 17.6 Å². The van der Waals surface area contributed by atoms with Crippen LogP contribution in [0.25, 0.3) is 0 Å². The molecule has 0 aromatic heterocycles. The topological polar surface area (TPSA) is 35.2 Å². The van der Waals surface area contributed by atoms with E-state index in [0.717, 1.165) is 25.0 Å². The second kappa shape index (κ2) is 3.75. The van der Waals surface area contributed by atoms with E-state index in [4.69, 9.17) is 10.5 Å². The predicted octanol–water partition coefficient (Wildman–Crippen LogP) is 1.54. The van der Waals surface area contributed by atoms with E-state index >= 15 is 0 Å². The lowest BCUT2D eigenvalue weighted by molar-refractivity contribution is 0.0516. The first kappa shape index (κ1) is 8.52. The summed E-state index contributed by atoms with van der Waals surface area (Å²) in [6, 6.07) is 0. The number of nitrogens with two attached hydrogens (primary N) is 1. The van der Waals surface area contributed by atoms with Crippen LogP contribution in [0.1, 0.15) is 32.1 Å². The highest BCUT2D eigenvalue weighted by atomic mass is 16.5. The van der Waals surface area contributed by atoms with Crippen LogP contribution in [0.2, 0.25) is 0 Å². The first-order valence-corrected chi connectivity index (χ1v) is 5.23. The monoisotopic (exact) mass is 169 g/mol. The van der Waals surface area contributed by atoms with E-state index in [1.165, 1.54) is 32.1 Å². The van der Waals surface area contributed by atoms with Gasteiger partial charge in [0, 0.05) is 6.61 Å². The third-order valence-electron chi connectivity index (χ3n) is 3.17. The van der Waals surface area contributed by atoms with E-state index in [-0.39, 0.29) is 0 Å². The normalized spacial score (nSPS) is 32.2. The van der Waals surface area contributed by atoms with Gasteiger partial charge in [0.05, 0.1) is 6.10 Å². The molecule has 2 atom stereocenters. The Morgan fingerprint density at radius 3 is 2.67 bits per heavy atom. The smallest absolute Gasteiger partial charge is 0.0607 e. The zero-order valence-corrected chi connectivity index (χ0v) is 7.67. The Balaban J connectivity index is 1.85. The Hall–Kier alpha value is -0.0800. The molecule has 1 saturated carbocycles. The highest BCUT2D eigenvalue weighted by Gasteiger charge is 2.37. The third kappa shape index (κ3) is 1.80. The SMILES string of the molecule is NCCC(C1CC1)C1CCCO1. The Bertz CT molecular complexity index is 139. The summed E-state index contributed by atoms with van der Waals surface area (Å²) < 4.78 is 5.71. The zero-order valence-electron chi connectivity index (χ0n) is 7.67. The van der Waals surface area contributed by atoms with Crippen molar-refractivity contribution in [2.75, 3.05) is 13.2 Å². The van der Waals surface area contributed by atoms with Crippen molar-refractivity contribution in [1.82, 2.24) is 0 Å². The summed E-state index contributed by atoms with van der Waals surface area (Å²) in [7, 11) is 0. The molecule has 1 aliphatic heterocycles. The summed E-state index contributed by atoms with van der Waals surface area (Å²) in [6.07, 6.45) is 7.12. The summed E-state index contributed by atoms with van der Waals surface area (Å²) in [5.74, 6) is 1.74. The average molecular weight is 169 g/mol. The quantitative estimate of drug-likeness (QED) is 0.693. The van der Waals surface area contributed by atoms with Crippen molar-refractivity contribution in [3.8, 4) is 0 Å². The molecule has 2 heteroatoms. The number of hydrogen-bond acceptors (Lipinski definition) is 2. The summed E-state index contributed by atoms with van der Waals surface area (Å²) in [6.45, 7) is 1.82. The Morgan fingerprint density at radius 2 is 2.17 bits per heavy atom. The minimum absolute atomic E-state index is 0.557. The maximum atomic E-state index is 5.71. The lowest BCUT2D eigenvalue weighted by Gasteiger charge is -2.21. The summed E-state index contributed by atoms with van der Waals surface area (Å²) in [5, 5.41) is 0.